The minimum absolute atomic E-state index is 0.200. The predicted octanol–water partition coefficient (Wildman–Crippen LogP) is 2.39. The zero-order valence-electron chi connectivity index (χ0n) is 7.37. The van der Waals surface area contributed by atoms with Crippen LogP contribution in [0.5, 0.6) is 0 Å². The lowest BCUT2D eigenvalue weighted by atomic mass is 10.2. The van der Waals surface area contributed by atoms with Crippen molar-refractivity contribution in [3.8, 4) is 0 Å². The van der Waals surface area contributed by atoms with Crippen LogP contribution in [0.1, 0.15) is 23.8 Å². The van der Waals surface area contributed by atoms with Gasteiger partial charge in [0.25, 0.3) is 0 Å². The molecule has 2 unspecified atom stereocenters. The number of carbonyl (C=O) groups is 1. The van der Waals surface area contributed by atoms with Gasteiger partial charge in [-0.15, -0.1) is 11.3 Å². The van der Waals surface area contributed by atoms with E-state index in [1.807, 2.05) is 11.4 Å². The molecular weight excluding hydrogens is 266 g/mol. The lowest BCUT2D eigenvalue weighted by molar-refractivity contribution is -0.139. The quantitative estimate of drug-likeness (QED) is 0.872. The van der Waals surface area contributed by atoms with E-state index in [2.05, 4.69) is 21.2 Å². The van der Waals surface area contributed by atoms with Gasteiger partial charge in [-0.2, -0.15) is 0 Å². The van der Waals surface area contributed by atoms with E-state index in [0.29, 0.717) is 6.42 Å². The van der Waals surface area contributed by atoms with Crippen molar-refractivity contribution in [3.63, 3.8) is 0 Å². The summed E-state index contributed by atoms with van der Waals surface area (Å²) in [7, 11) is 0. The highest BCUT2D eigenvalue weighted by Gasteiger charge is 2.30. The van der Waals surface area contributed by atoms with Crippen molar-refractivity contribution < 1.29 is 9.90 Å². The third-order valence-corrected chi connectivity index (χ3v) is 4.39. The zero-order chi connectivity index (χ0) is 10.1. The van der Waals surface area contributed by atoms with Gasteiger partial charge in [-0.1, -0.05) is 0 Å². The predicted molar refractivity (Wildman–Crippen MR) is 58.6 cm³/mol. The summed E-state index contributed by atoms with van der Waals surface area (Å²) >= 11 is 5.11. The normalized spacial score (nSPS) is 26.6. The Morgan fingerprint density at radius 1 is 1.64 bits per heavy atom. The Morgan fingerprint density at radius 2 is 2.43 bits per heavy atom. The van der Waals surface area contributed by atoms with Crippen molar-refractivity contribution in [2.75, 3.05) is 0 Å². The van der Waals surface area contributed by atoms with Gasteiger partial charge in [0.1, 0.15) is 6.04 Å². The van der Waals surface area contributed by atoms with Crippen LogP contribution in [0.15, 0.2) is 15.9 Å². The Labute approximate surface area is 94.3 Å². The number of rotatable bonds is 2. The summed E-state index contributed by atoms with van der Waals surface area (Å²) in [6.45, 7) is 0. The second-order valence-electron chi connectivity index (χ2n) is 3.32. The highest BCUT2D eigenvalue weighted by molar-refractivity contribution is 9.10. The summed E-state index contributed by atoms with van der Waals surface area (Å²) in [6, 6.07) is 1.81. The smallest absolute Gasteiger partial charge is 0.320 e. The molecule has 14 heavy (non-hydrogen) atoms. The molecule has 0 spiro atoms. The highest BCUT2D eigenvalue weighted by atomic mass is 79.9. The molecule has 0 bridgehead atoms. The van der Waals surface area contributed by atoms with Crippen LogP contribution in [-0.4, -0.2) is 17.1 Å². The van der Waals surface area contributed by atoms with Crippen molar-refractivity contribution in [1.82, 2.24) is 5.32 Å². The number of halogens is 1. The first-order valence-electron chi connectivity index (χ1n) is 4.40. The van der Waals surface area contributed by atoms with Gasteiger partial charge in [-0.3, -0.25) is 10.1 Å². The number of hydrogen-bond acceptors (Lipinski definition) is 3. The number of aliphatic carboxylic acids is 1. The molecule has 1 saturated heterocycles. The SMILES string of the molecule is O=C(O)C1CCC(c2sccc2Br)N1. The summed E-state index contributed by atoms with van der Waals surface area (Å²) in [6.07, 6.45) is 1.61. The van der Waals surface area contributed by atoms with Crippen LogP contribution in [0, 0.1) is 0 Å². The maximum Gasteiger partial charge on any atom is 0.320 e. The van der Waals surface area contributed by atoms with Crippen LogP contribution in [0.2, 0.25) is 0 Å². The average Bonchev–Trinajstić information content (AvgIpc) is 2.71. The van der Waals surface area contributed by atoms with Crippen LogP contribution < -0.4 is 5.32 Å². The fourth-order valence-electron chi connectivity index (χ4n) is 1.70. The minimum atomic E-state index is -0.750. The molecule has 76 valence electrons. The Hall–Kier alpha value is -0.390. The molecule has 0 saturated carbocycles. The van der Waals surface area contributed by atoms with E-state index in [9.17, 15) is 4.79 Å². The van der Waals surface area contributed by atoms with Crippen LogP contribution in [0.25, 0.3) is 0 Å². The second kappa shape index (κ2) is 4.00. The third kappa shape index (κ3) is 1.85. The minimum Gasteiger partial charge on any atom is -0.480 e. The summed E-state index contributed by atoms with van der Waals surface area (Å²) in [5, 5.41) is 14.0. The molecule has 2 atom stereocenters. The summed E-state index contributed by atoms with van der Waals surface area (Å²) in [4.78, 5) is 11.9. The van der Waals surface area contributed by atoms with Crippen molar-refractivity contribution in [1.29, 1.82) is 0 Å². The molecule has 1 aliphatic heterocycles. The second-order valence-corrected chi connectivity index (χ2v) is 5.12. The van der Waals surface area contributed by atoms with E-state index >= 15 is 0 Å². The van der Waals surface area contributed by atoms with Gasteiger partial charge in [0.2, 0.25) is 0 Å². The topological polar surface area (TPSA) is 49.3 Å². The Kier molecular flexibility index (Phi) is 2.90. The van der Waals surface area contributed by atoms with Crippen molar-refractivity contribution in [2.24, 2.45) is 0 Å². The van der Waals surface area contributed by atoms with Crippen molar-refractivity contribution in [3.05, 3.63) is 20.8 Å². The summed E-state index contributed by atoms with van der Waals surface area (Å²) in [5.41, 5.74) is 0. The van der Waals surface area contributed by atoms with E-state index in [-0.39, 0.29) is 12.1 Å². The van der Waals surface area contributed by atoms with E-state index in [0.717, 1.165) is 10.9 Å². The van der Waals surface area contributed by atoms with E-state index < -0.39 is 5.97 Å². The molecule has 2 heterocycles. The van der Waals surface area contributed by atoms with Crippen LogP contribution in [0.4, 0.5) is 0 Å². The molecule has 2 rings (SSSR count). The number of thiophene rings is 1. The molecule has 0 radical (unpaired) electrons. The van der Waals surface area contributed by atoms with Crippen molar-refractivity contribution in [2.45, 2.75) is 24.9 Å². The monoisotopic (exact) mass is 275 g/mol. The Balaban J connectivity index is 2.10. The van der Waals surface area contributed by atoms with Gasteiger partial charge in [0.05, 0.1) is 0 Å². The summed E-state index contributed by atoms with van der Waals surface area (Å²) < 4.78 is 1.08. The van der Waals surface area contributed by atoms with E-state index in [4.69, 9.17) is 5.11 Å². The molecule has 1 aromatic heterocycles. The number of nitrogens with one attached hydrogen (secondary N) is 1. The molecule has 1 aliphatic rings. The molecule has 0 aromatic carbocycles. The molecule has 0 amide bonds. The molecule has 3 nitrogen and oxygen atoms in total. The molecular formula is C9H10BrNO2S. The van der Waals surface area contributed by atoms with Gasteiger partial charge in [0.15, 0.2) is 0 Å². The number of hydrogen-bond donors (Lipinski definition) is 2. The lowest BCUT2D eigenvalue weighted by Crippen LogP contribution is -2.31. The summed E-state index contributed by atoms with van der Waals surface area (Å²) in [5.74, 6) is -0.750. The van der Waals surface area contributed by atoms with Gasteiger partial charge in [0, 0.05) is 15.4 Å². The first-order chi connectivity index (χ1) is 6.68. The van der Waals surface area contributed by atoms with Crippen LogP contribution in [-0.2, 0) is 4.79 Å². The molecule has 0 aliphatic carbocycles. The van der Waals surface area contributed by atoms with E-state index in [1.54, 1.807) is 11.3 Å². The first-order valence-corrected chi connectivity index (χ1v) is 6.07. The molecule has 5 heteroatoms. The standard InChI is InChI=1S/C9H10BrNO2S/c10-5-3-4-14-8(5)6-1-2-7(11-6)9(12)13/h3-4,6-7,11H,1-2H2,(H,12,13). The Bertz CT molecular complexity index is 352. The van der Waals surface area contributed by atoms with Crippen LogP contribution >= 0.6 is 27.3 Å². The van der Waals surface area contributed by atoms with Crippen molar-refractivity contribution >= 4 is 33.2 Å². The average molecular weight is 276 g/mol. The maximum absolute atomic E-state index is 10.7. The zero-order valence-corrected chi connectivity index (χ0v) is 9.77. The third-order valence-electron chi connectivity index (χ3n) is 2.41. The molecule has 1 aromatic rings. The van der Waals surface area contributed by atoms with Crippen LogP contribution in [0.3, 0.4) is 0 Å². The van der Waals surface area contributed by atoms with E-state index in [1.165, 1.54) is 4.88 Å². The largest absolute Gasteiger partial charge is 0.480 e. The number of carboxylic acid groups (broad SMARTS) is 1. The lowest BCUT2D eigenvalue weighted by Gasteiger charge is -2.10. The number of carboxylic acids is 1. The van der Waals surface area contributed by atoms with Gasteiger partial charge in [-0.05, 0) is 40.2 Å². The van der Waals surface area contributed by atoms with Gasteiger partial charge >= 0.3 is 5.97 Å². The van der Waals surface area contributed by atoms with Gasteiger partial charge in [-0.25, -0.2) is 0 Å². The molecule has 2 N–H and O–H groups in total. The maximum atomic E-state index is 10.7. The fraction of sp³-hybridized carbons (Fsp3) is 0.444. The fourth-order valence-corrected chi connectivity index (χ4v) is 3.44. The Morgan fingerprint density at radius 3 is 2.93 bits per heavy atom. The van der Waals surface area contributed by atoms with Gasteiger partial charge < -0.3 is 5.11 Å². The molecule has 1 fully saturated rings. The first kappa shape index (κ1) is 10.1. The highest BCUT2D eigenvalue weighted by Crippen LogP contribution is 2.35.